The van der Waals surface area contributed by atoms with E-state index in [1.54, 1.807) is 19.5 Å². The summed E-state index contributed by atoms with van der Waals surface area (Å²) in [6.45, 7) is 2.96. The molecule has 2 heterocycles. The third-order valence-corrected chi connectivity index (χ3v) is 4.87. The van der Waals surface area contributed by atoms with E-state index in [1.165, 1.54) is 5.56 Å². The minimum atomic E-state index is 0.120. The number of anilines is 1. The van der Waals surface area contributed by atoms with Gasteiger partial charge in [0.2, 0.25) is 0 Å². The lowest BCUT2D eigenvalue weighted by molar-refractivity contribution is 0.0540. The molecule has 1 aromatic carbocycles. The Morgan fingerprint density at radius 3 is 2.58 bits per heavy atom. The van der Waals surface area contributed by atoms with Crippen LogP contribution >= 0.6 is 0 Å². The number of hydrogen-bond donors (Lipinski definition) is 0. The van der Waals surface area contributed by atoms with Gasteiger partial charge in [-0.05, 0) is 25.5 Å². The summed E-state index contributed by atoms with van der Waals surface area (Å²) in [7, 11) is 4.00. The molecular formula is C19H26N4O. The summed E-state index contributed by atoms with van der Waals surface area (Å²) >= 11 is 0. The molecule has 5 heteroatoms. The fourth-order valence-electron chi connectivity index (χ4n) is 3.38. The molecule has 128 valence electrons. The zero-order chi connectivity index (χ0) is 16.8. The number of hydrogen-bond acceptors (Lipinski definition) is 5. The highest BCUT2D eigenvalue weighted by Crippen LogP contribution is 2.23. The van der Waals surface area contributed by atoms with Crippen molar-refractivity contribution in [2.45, 2.75) is 25.0 Å². The Labute approximate surface area is 144 Å². The maximum absolute atomic E-state index is 5.72. The first-order chi connectivity index (χ1) is 11.8. The first-order valence-corrected chi connectivity index (χ1v) is 8.57. The average Bonchev–Trinajstić information content (AvgIpc) is 2.67. The Morgan fingerprint density at radius 2 is 1.96 bits per heavy atom. The molecule has 0 saturated carbocycles. The van der Waals surface area contributed by atoms with E-state index in [-0.39, 0.29) is 6.10 Å². The highest BCUT2D eigenvalue weighted by molar-refractivity contribution is 5.35. The van der Waals surface area contributed by atoms with Crippen molar-refractivity contribution in [3.8, 4) is 0 Å². The summed E-state index contributed by atoms with van der Waals surface area (Å²) < 4.78 is 5.72. The Balaban J connectivity index is 1.54. The van der Waals surface area contributed by atoms with Crippen LogP contribution in [0.2, 0.25) is 0 Å². The van der Waals surface area contributed by atoms with Crippen LogP contribution in [0.1, 0.15) is 24.5 Å². The molecule has 0 aliphatic carbocycles. The number of rotatable bonds is 6. The zero-order valence-electron chi connectivity index (χ0n) is 14.5. The van der Waals surface area contributed by atoms with E-state index in [2.05, 4.69) is 51.1 Å². The quantitative estimate of drug-likeness (QED) is 0.816. The van der Waals surface area contributed by atoms with Crippen molar-refractivity contribution in [3.63, 3.8) is 0 Å². The van der Waals surface area contributed by atoms with Gasteiger partial charge in [0, 0.05) is 45.2 Å². The van der Waals surface area contributed by atoms with Crippen LogP contribution in [0.5, 0.6) is 0 Å². The standard InChI is InChI=1S/C19H26N4O/c1-22(15-18(24-2)16-6-4-3-5-7-16)17-8-12-23(13-9-17)19-14-20-10-11-21-19/h3-7,10-11,14,17-18H,8-9,12-13,15H2,1-2H3/t18-/m0/s1. The summed E-state index contributed by atoms with van der Waals surface area (Å²) in [6.07, 6.45) is 7.72. The molecule has 0 spiro atoms. The molecule has 5 nitrogen and oxygen atoms in total. The largest absolute Gasteiger partial charge is 0.375 e. The van der Waals surface area contributed by atoms with Crippen LogP contribution in [-0.4, -0.2) is 54.7 Å². The van der Waals surface area contributed by atoms with E-state index in [0.29, 0.717) is 6.04 Å². The van der Waals surface area contributed by atoms with Gasteiger partial charge in [-0.1, -0.05) is 30.3 Å². The average molecular weight is 326 g/mol. The zero-order valence-corrected chi connectivity index (χ0v) is 14.5. The molecule has 0 unspecified atom stereocenters. The first kappa shape index (κ1) is 16.9. The fraction of sp³-hybridized carbons (Fsp3) is 0.474. The second-order valence-electron chi connectivity index (χ2n) is 6.36. The Hall–Kier alpha value is -1.98. The maximum atomic E-state index is 5.72. The molecule has 1 fully saturated rings. The molecule has 3 rings (SSSR count). The summed E-state index contributed by atoms with van der Waals surface area (Å²) in [5, 5.41) is 0. The van der Waals surface area contributed by atoms with Crippen molar-refractivity contribution in [3.05, 3.63) is 54.5 Å². The molecule has 0 radical (unpaired) electrons. The lowest BCUT2D eigenvalue weighted by atomic mass is 10.0. The molecule has 1 atom stereocenters. The van der Waals surface area contributed by atoms with E-state index in [1.807, 2.05) is 12.3 Å². The molecule has 1 aliphatic heterocycles. The van der Waals surface area contributed by atoms with Crippen LogP contribution in [-0.2, 0) is 4.74 Å². The van der Waals surface area contributed by atoms with Gasteiger partial charge in [-0.2, -0.15) is 0 Å². The predicted molar refractivity (Wildman–Crippen MR) is 96.1 cm³/mol. The van der Waals surface area contributed by atoms with E-state index in [9.17, 15) is 0 Å². The fourth-order valence-corrected chi connectivity index (χ4v) is 3.38. The molecule has 1 aliphatic rings. The minimum Gasteiger partial charge on any atom is -0.375 e. The van der Waals surface area contributed by atoms with E-state index >= 15 is 0 Å². The predicted octanol–water partition coefficient (Wildman–Crippen LogP) is 2.76. The summed E-state index contributed by atoms with van der Waals surface area (Å²) in [4.78, 5) is 13.3. The number of nitrogens with zero attached hydrogens (tertiary/aromatic N) is 4. The SMILES string of the molecule is CO[C@@H](CN(C)C1CCN(c2cnccn2)CC1)c1ccccc1. The van der Waals surface area contributed by atoms with Gasteiger partial charge in [-0.15, -0.1) is 0 Å². The number of methoxy groups -OCH3 is 1. The number of piperidine rings is 1. The number of aromatic nitrogens is 2. The lowest BCUT2D eigenvalue weighted by Crippen LogP contribution is -2.45. The van der Waals surface area contributed by atoms with Gasteiger partial charge in [0.25, 0.3) is 0 Å². The summed E-state index contributed by atoms with van der Waals surface area (Å²) in [5.41, 5.74) is 1.24. The number of benzene rings is 1. The van der Waals surface area contributed by atoms with E-state index in [0.717, 1.165) is 38.3 Å². The van der Waals surface area contributed by atoms with Gasteiger partial charge in [-0.3, -0.25) is 4.98 Å². The van der Waals surface area contributed by atoms with Crippen molar-refractivity contribution in [1.82, 2.24) is 14.9 Å². The Morgan fingerprint density at radius 1 is 1.21 bits per heavy atom. The molecule has 1 saturated heterocycles. The molecular weight excluding hydrogens is 300 g/mol. The van der Waals surface area contributed by atoms with Crippen molar-refractivity contribution in [1.29, 1.82) is 0 Å². The van der Waals surface area contributed by atoms with Crippen molar-refractivity contribution >= 4 is 5.82 Å². The molecule has 24 heavy (non-hydrogen) atoms. The summed E-state index contributed by atoms with van der Waals surface area (Å²) in [6, 6.07) is 11.0. The second kappa shape index (κ2) is 8.22. The number of likely N-dealkylation sites (N-methyl/N-ethyl adjacent to an activating group) is 1. The minimum absolute atomic E-state index is 0.120. The van der Waals surface area contributed by atoms with Crippen LogP contribution in [0.3, 0.4) is 0 Å². The van der Waals surface area contributed by atoms with Gasteiger partial charge < -0.3 is 14.5 Å². The van der Waals surface area contributed by atoms with E-state index < -0.39 is 0 Å². The lowest BCUT2D eigenvalue weighted by Gasteiger charge is -2.38. The normalized spacial score (nSPS) is 17.2. The van der Waals surface area contributed by atoms with Gasteiger partial charge in [-0.25, -0.2) is 4.98 Å². The van der Waals surface area contributed by atoms with Crippen LogP contribution in [0.25, 0.3) is 0 Å². The molecule has 0 N–H and O–H groups in total. The first-order valence-electron chi connectivity index (χ1n) is 8.57. The van der Waals surface area contributed by atoms with Gasteiger partial charge >= 0.3 is 0 Å². The maximum Gasteiger partial charge on any atom is 0.147 e. The Kier molecular flexibility index (Phi) is 5.77. The van der Waals surface area contributed by atoms with Crippen LogP contribution in [0.15, 0.2) is 48.9 Å². The van der Waals surface area contributed by atoms with Crippen LogP contribution in [0, 0.1) is 0 Å². The summed E-state index contributed by atoms with van der Waals surface area (Å²) in [5.74, 6) is 0.984. The third-order valence-electron chi connectivity index (χ3n) is 4.87. The number of ether oxygens (including phenoxy) is 1. The van der Waals surface area contributed by atoms with Gasteiger partial charge in [0.15, 0.2) is 0 Å². The Bertz CT molecular complexity index is 599. The highest BCUT2D eigenvalue weighted by atomic mass is 16.5. The monoisotopic (exact) mass is 326 g/mol. The van der Waals surface area contributed by atoms with Crippen molar-refractivity contribution in [2.24, 2.45) is 0 Å². The van der Waals surface area contributed by atoms with Gasteiger partial charge in [0.1, 0.15) is 5.82 Å². The van der Waals surface area contributed by atoms with Crippen LogP contribution < -0.4 is 4.90 Å². The highest BCUT2D eigenvalue weighted by Gasteiger charge is 2.25. The molecule has 0 bridgehead atoms. The van der Waals surface area contributed by atoms with Gasteiger partial charge in [0.05, 0.1) is 12.3 Å². The second-order valence-corrected chi connectivity index (χ2v) is 6.36. The third kappa shape index (κ3) is 4.10. The molecule has 1 aromatic heterocycles. The molecule has 2 aromatic rings. The van der Waals surface area contributed by atoms with E-state index in [4.69, 9.17) is 4.74 Å². The van der Waals surface area contributed by atoms with Crippen LogP contribution in [0.4, 0.5) is 5.82 Å². The topological polar surface area (TPSA) is 41.5 Å². The smallest absolute Gasteiger partial charge is 0.147 e. The van der Waals surface area contributed by atoms with Crippen molar-refractivity contribution in [2.75, 3.05) is 38.7 Å². The van der Waals surface area contributed by atoms with Crippen molar-refractivity contribution < 1.29 is 4.74 Å². The molecule has 0 amide bonds.